The highest BCUT2D eigenvalue weighted by Crippen LogP contribution is 2.08. The van der Waals surface area contributed by atoms with Gasteiger partial charge in [0.2, 0.25) is 6.20 Å². The SMILES string of the molecule is Cc1cccc(N/C=C/[N+](=O)[O-])c1. The maximum atomic E-state index is 9.94. The van der Waals surface area contributed by atoms with Crippen LogP contribution in [0.25, 0.3) is 0 Å². The molecule has 0 aliphatic heterocycles. The highest BCUT2D eigenvalue weighted by atomic mass is 16.6. The molecule has 1 aromatic carbocycles. The molecule has 0 aromatic heterocycles. The van der Waals surface area contributed by atoms with E-state index in [9.17, 15) is 10.1 Å². The maximum absolute atomic E-state index is 9.94. The molecule has 1 aromatic rings. The summed E-state index contributed by atoms with van der Waals surface area (Å²) in [7, 11) is 0. The molecule has 68 valence electrons. The first-order valence-corrected chi connectivity index (χ1v) is 3.82. The van der Waals surface area contributed by atoms with Gasteiger partial charge in [0.05, 0.1) is 11.1 Å². The Kier molecular flexibility index (Phi) is 3.03. The minimum atomic E-state index is -0.511. The molecule has 1 N–H and O–H groups in total. The lowest BCUT2D eigenvalue weighted by molar-refractivity contribution is -0.402. The Morgan fingerprint density at radius 3 is 2.92 bits per heavy atom. The van der Waals surface area contributed by atoms with E-state index < -0.39 is 4.92 Å². The number of hydrogen-bond acceptors (Lipinski definition) is 3. The summed E-state index contributed by atoms with van der Waals surface area (Å²) in [5, 5.41) is 12.7. The molecule has 0 saturated carbocycles. The second-order valence-corrected chi connectivity index (χ2v) is 2.61. The van der Waals surface area contributed by atoms with Crippen LogP contribution in [0.2, 0.25) is 0 Å². The number of rotatable bonds is 3. The van der Waals surface area contributed by atoms with Crippen molar-refractivity contribution >= 4 is 5.69 Å². The minimum Gasteiger partial charge on any atom is -0.356 e. The van der Waals surface area contributed by atoms with Crippen molar-refractivity contribution in [1.82, 2.24) is 0 Å². The van der Waals surface area contributed by atoms with E-state index >= 15 is 0 Å². The van der Waals surface area contributed by atoms with Crippen LogP contribution in [0.5, 0.6) is 0 Å². The van der Waals surface area contributed by atoms with Gasteiger partial charge < -0.3 is 5.32 Å². The van der Waals surface area contributed by atoms with Crippen molar-refractivity contribution in [3.63, 3.8) is 0 Å². The first kappa shape index (κ1) is 9.25. The average Bonchev–Trinajstić information content (AvgIpc) is 2.03. The topological polar surface area (TPSA) is 55.2 Å². The van der Waals surface area contributed by atoms with Crippen LogP contribution >= 0.6 is 0 Å². The van der Waals surface area contributed by atoms with E-state index in [-0.39, 0.29) is 0 Å². The molecule has 0 amide bonds. The molecule has 0 aliphatic rings. The van der Waals surface area contributed by atoms with Gasteiger partial charge in [-0.2, -0.15) is 0 Å². The van der Waals surface area contributed by atoms with E-state index in [1.165, 1.54) is 6.20 Å². The van der Waals surface area contributed by atoms with Gasteiger partial charge in [-0.1, -0.05) is 12.1 Å². The molecule has 0 unspecified atom stereocenters. The third-order valence-electron chi connectivity index (χ3n) is 1.46. The van der Waals surface area contributed by atoms with Gasteiger partial charge in [-0.25, -0.2) is 0 Å². The van der Waals surface area contributed by atoms with E-state index in [0.717, 1.165) is 17.5 Å². The molecule has 13 heavy (non-hydrogen) atoms. The normalized spacial score (nSPS) is 10.2. The standard InChI is InChI=1S/C9H10N2O2/c1-8-3-2-4-9(7-8)10-5-6-11(12)13/h2-7,10H,1H3/b6-5+. The predicted molar refractivity (Wildman–Crippen MR) is 50.9 cm³/mol. The summed E-state index contributed by atoms with van der Waals surface area (Å²) < 4.78 is 0. The van der Waals surface area contributed by atoms with Crippen molar-refractivity contribution in [2.75, 3.05) is 5.32 Å². The zero-order valence-corrected chi connectivity index (χ0v) is 7.23. The summed E-state index contributed by atoms with van der Waals surface area (Å²) in [6, 6.07) is 7.60. The van der Waals surface area contributed by atoms with Crippen LogP contribution in [0, 0.1) is 17.0 Å². The molecule has 4 heteroatoms. The molecule has 0 bridgehead atoms. The summed E-state index contributed by atoms with van der Waals surface area (Å²) in [5.41, 5.74) is 1.96. The largest absolute Gasteiger partial charge is 0.356 e. The summed E-state index contributed by atoms with van der Waals surface area (Å²) in [6.45, 7) is 1.96. The van der Waals surface area contributed by atoms with Crippen LogP contribution in [0.1, 0.15) is 5.56 Å². The van der Waals surface area contributed by atoms with Crippen molar-refractivity contribution in [1.29, 1.82) is 0 Å². The Hall–Kier alpha value is -1.84. The molecule has 1 rings (SSSR count). The number of anilines is 1. The van der Waals surface area contributed by atoms with Gasteiger partial charge in [0.25, 0.3) is 0 Å². The Morgan fingerprint density at radius 1 is 1.54 bits per heavy atom. The number of nitrogens with one attached hydrogen (secondary N) is 1. The molecule has 4 nitrogen and oxygen atoms in total. The fraction of sp³-hybridized carbons (Fsp3) is 0.111. The number of benzene rings is 1. The van der Waals surface area contributed by atoms with Gasteiger partial charge in [0.1, 0.15) is 0 Å². The number of aryl methyl sites for hydroxylation is 1. The number of hydrogen-bond donors (Lipinski definition) is 1. The van der Waals surface area contributed by atoms with Crippen LogP contribution in [0.15, 0.2) is 36.7 Å². The fourth-order valence-corrected chi connectivity index (χ4v) is 0.929. The van der Waals surface area contributed by atoms with Crippen LogP contribution in [-0.2, 0) is 0 Å². The molecule has 0 heterocycles. The van der Waals surface area contributed by atoms with Gasteiger partial charge in [-0.05, 0) is 24.6 Å². The molecular weight excluding hydrogens is 168 g/mol. The monoisotopic (exact) mass is 178 g/mol. The summed E-state index contributed by atoms with van der Waals surface area (Å²) in [5.74, 6) is 0. The highest BCUT2D eigenvalue weighted by Gasteiger charge is 1.89. The number of nitro groups is 1. The van der Waals surface area contributed by atoms with E-state index in [0.29, 0.717) is 0 Å². The number of nitrogens with zero attached hydrogens (tertiary/aromatic N) is 1. The van der Waals surface area contributed by atoms with Gasteiger partial charge in [0, 0.05) is 5.69 Å². The zero-order valence-electron chi connectivity index (χ0n) is 7.23. The van der Waals surface area contributed by atoms with Crippen LogP contribution < -0.4 is 5.32 Å². The van der Waals surface area contributed by atoms with Crippen LogP contribution in [0.3, 0.4) is 0 Å². The van der Waals surface area contributed by atoms with E-state index in [2.05, 4.69) is 5.32 Å². The molecule has 0 radical (unpaired) electrons. The molecular formula is C9H10N2O2. The Balaban J connectivity index is 2.59. The summed E-state index contributed by atoms with van der Waals surface area (Å²) >= 11 is 0. The second-order valence-electron chi connectivity index (χ2n) is 2.61. The molecule has 0 aliphatic carbocycles. The summed E-state index contributed by atoms with van der Waals surface area (Å²) in [4.78, 5) is 9.42. The lowest BCUT2D eigenvalue weighted by atomic mass is 10.2. The lowest BCUT2D eigenvalue weighted by Gasteiger charge is -1.99. The van der Waals surface area contributed by atoms with Crippen molar-refractivity contribution < 1.29 is 4.92 Å². The van der Waals surface area contributed by atoms with Crippen molar-refractivity contribution in [2.45, 2.75) is 6.92 Å². The zero-order chi connectivity index (χ0) is 9.68. The van der Waals surface area contributed by atoms with Crippen LogP contribution in [-0.4, -0.2) is 4.92 Å². The minimum absolute atomic E-state index is 0.511. The molecule has 0 saturated heterocycles. The summed E-state index contributed by atoms with van der Waals surface area (Å²) in [6.07, 6.45) is 2.16. The van der Waals surface area contributed by atoms with Crippen molar-refractivity contribution in [3.05, 3.63) is 52.3 Å². The quantitative estimate of drug-likeness (QED) is 0.570. The Morgan fingerprint density at radius 2 is 2.31 bits per heavy atom. The lowest BCUT2D eigenvalue weighted by Crippen LogP contribution is -1.90. The Bertz CT molecular complexity index is 334. The first-order chi connectivity index (χ1) is 6.18. The smallest absolute Gasteiger partial charge is 0.250 e. The van der Waals surface area contributed by atoms with Gasteiger partial charge in [0.15, 0.2) is 0 Å². The third-order valence-corrected chi connectivity index (χ3v) is 1.46. The molecule has 0 fully saturated rings. The molecule has 0 spiro atoms. The van der Waals surface area contributed by atoms with Crippen LogP contribution in [0.4, 0.5) is 5.69 Å². The first-order valence-electron chi connectivity index (χ1n) is 3.82. The van der Waals surface area contributed by atoms with E-state index in [1.54, 1.807) is 0 Å². The second kappa shape index (κ2) is 4.25. The van der Waals surface area contributed by atoms with E-state index in [1.807, 2.05) is 31.2 Å². The maximum Gasteiger partial charge on any atom is 0.250 e. The van der Waals surface area contributed by atoms with Crippen molar-refractivity contribution in [2.24, 2.45) is 0 Å². The highest BCUT2D eigenvalue weighted by molar-refractivity contribution is 5.47. The predicted octanol–water partition coefficient (Wildman–Crippen LogP) is 2.15. The third kappa shape index (κ3) is 3.37. The Labute approximate surface area is 76.0 Å². The van der Waals surface area contributed by atoms with Gasteiger partial charge >= 0.3 is 0 Å². The van der Waals surface area contributed by atoms with E-state index in [4.69, 9.17) is 0 Å². The fourth-order valence-electron chi connectivity index (χ4n) is 0.929. The average molecular weight is 178 g/mol. The molecule has 0 atom stereocenters. The van der Waals surface area contributed by atoms with Gasteiger partial charge in [-0.15, -0.1) is 0 Å². The van der Waals surface area contributed by atoms with Crippen molar-refractivity contribution in [3.8, 4) is 0 Å². The van der Waals surface area contributed by atoms with Gasteiger partial charge in [-0.3, -0.25) is 10.1 Å².